The highest BCUT2D eigenvalue weighted by atomic mass is 16.5. The lowest BCUT2D eigenvalue weighted by Crippen LogP contribution is -2.26. The smallest absolute Gasteiger partial charge is 0.341 e. The lowest BCUT2D eigenvalue weighted by atomic mass is 9.85. The van der Waals surface area contributed by atoms with Crippen molar-refractivity contribution in [3.63, 3.8) is 0 Å². The predicted octanol–water partition coefficient (Wildman–Crippen LogP) is 4.47. The molecule has 1 unspecified atom stereocenters. The number of pyridine rings is 1. The Labute approximate surface area is 177 Å². The Morgan fingerprint density at radius 2 is 2.03 bits per heavy atom. The highest BCUT2D eigenvalue weighted by Crippen LogP contribution is 2.49. The van der Waals surface area contributed by atoms with Crippen LogP contribution in [0, 0.1) is 23.7 Å². The SMILES string of the molecule is CC(C)COC1=CC2=C(C[C@@H]1C1CC1)c1cc(=O)c(C(=O)O)cn1C(C(C)C)CO2. The van der Waals surface area contributed by atoms with Gasteiger partial charge in [0.05, 0.1) is 18.3 Å². The number of rotatable bonds is 6. The second-order valence-corrected chi connectivity index (χ2v) is 9.51. The fourth-order valence-corrected chi connectivity index (χ4v) is 4.41. The van der Waals surface area contributed by atoms with Gasteiger partial charge in [0, 0.05) is 29.8 Å². The number of carbonyl (C=O) groups is 1. The number of nitrogens with zero attached hydrogens (tertiary/aromatic N) is 1. The molecule has 0 bridgehead atoms. The molecular formula is C24H31NO5. The van der Waals surface area contributed by atoms with Crippen molar-refractivity contribution < 1.29 is 19.4 Å². The van der Waals surface area contributed by atoms with Crippen molar-refractivity contribution in [3.05, 3.63) is 51.3 Å². The van der Waals surface area contributed by atoms with Gasteiger partial charge in [-0.2, -0.15) is 0 Å². The lowest BCUT2D eigenvalue weighted by Gasteiger charge is -2.28. The quantitative estimate of drug-likeness (QED) is 0.744. The van der Waals surface area contributed by atoms with Crippen molar-refractivity contribution >= 4 is 11.5 Å². The van der Waals surface area contributed by atoms with Crippen LogP contribution in [0.2, 0.25) is 0 Å². The van der Waals surface area contributed by atoms with Crippen molar-refractivity contribution in [2.45, 2.75) is 53.0 Å². The summed E-state index contributed by atoms with van der Waals surface area (Å²) in [6.45, 7) is 9.54. The summed E-state index contributed by atoms with van der Waals surface area (Å²) in [5.41, 5.74) is 1.11. The predicted molar refractivity (Wildman–Crippen MR) is 114 cm³/mol. The monoisotopic (exact) mass is 413 g/mol. The average molecular weight is 414 g/mol. The Hall–Kier alpha value is -2.50. The molecule has 3 aliphatic rings. The minimum Gasteiger partial charge on any atom is -0.497 e. The molecule has 6 heteroatoms. The van der Waals surface area contributed by atoms with Gasteiger partial charge in [0.25, 0.3) is 0 Å². The van der Waals surface area contributed by atoms with Crippen molar-refractivity contribution in [2.75, 3.05) is 13.2 Å². The van der Waals surface area contributed by atoms with E-state index < -0.39 is 11.4 Å². The number of allylic oxidation sites excluding steroid dienone is 3. The van der Waals surface area contributed by atoms with Crippen LogP contribution in [0.15, 0.2) is 34.7 Å². The number of carboxylic acids is 1. The van der Waals surface area contributed by atoms with E-state index in [9.17, 15) is 14.7 Å². The number of fused-ring (bicyclic) bond motifs is 2. The Bertz CT molecular complexity index is 964. The average Bonchev–Trinajstić information content (AvgIpc) is 3.51. The minimum atomic E-state index is -1.19. The number of hydrogen-bond donors (Lipinski definition) is 1. The van der Waals surface area contributed by atoms with Crippen LogP contribution in [0.4, 0.5) is 0 Å². The Kier molecular flexibility index (Phi) is 5.51. The lowest BCUT2D eigenvalue weighted by molar-refractivity contribution is 0.0693. The van der Waals surface area contributed by atoms with Gasteiger partial charge in [0.2, 0.25) is 0 Å². The third kappa shape index (κ3) is 3.92. The Morgan fingerprint density at radius 3 is 2.63 bits per heavy atom. The molecule has 30 heavy (non-hydrogen) atoms. The van der Waals surface area contributed by atoms with Crippen LogP contribution in [-0.4, -0.2) is 28.9 Å². The molecule has 2 heterocycles. The maximum atomic E-state index is 12.6. The molecule has 1 aromatic heterocycles. The van der Waals surface area contributed by atoms with E-state index in [4.69, 9.17) is 9.47 Å². The maximum Gasteiger partial charge on any atom is 0.341 e. The van der Waals surface area contributed by atoms with Crippen LogP contribution in [0.3, 0.4) is 0 Å². The first-order valence-electron chi connectivity index (χ1n) is 11.0. The van der Waals surface area contributed by atoms with Gasteiger partial charge in [-0.1, -0.05) is 27.7 Å². The van der Waals surface area contributed by atoms with E-state index >= 15 is 0 Å². The largest absolute Gasteiger partial charge is 0.497 e. The topological polar surface area (TPSA) is 77.8 Å². The zero-order valence-corrected chi connectivity index (χ0v) is 18.2. The molecule has 1 saturated carbocycles. The summed E-state index contributed by atoms with van der Waals surface area (Å²) in [6.07, 6.45) is 6.66. The van der Waals surface area contributed by atoms with Gasteiger partial charge >= 0.3 is 5.97 Å². The molecule has 6 nitrogen and oxygen atoms in total. The summed E-state index contributed by atoms with van der Waals surface area (Å²) in [5, 5.41) is 9.47. The number of aromatic carboxylic acids is 1. The molecule has 0 amide bonds. The molecule has 1 fully saturated rings. The second-order valence-electron chi connectivity index (χ2n) is 9.51. The van der Waals surface area contributed by atoms with Crippen LogP contribution >= 0.6 is 0 Å². The van der Waals surface area contributed by atoms with Gasteiger partial charge in [-0.3, -0.25) is 4.79 Å². The first-order chi connectivity index (χ1) is 14.3. The molecular weight excluding hydrogens is 382 g/mol. The minimum absolute atomic E-state index is 0.0582. The van der Waals surface area contributed by atoms with Crippen LogP contribution in [0.1, 0.15) is 69.1 Å². The Balaban J connectivity index is 1.82. The fourth-order valence-electron chi connectivity index (χ4n) is 4.41. The van der Waals surface area contributed by atoms with Gasteiger partial charge < -0.3 is 19.1 Å². The summed E-state index contributed by atoms with van der Waals surface area (Å²) in [5.74, 6) is 2.09. The zero-order chi connectivity index (χ0) is 21.6. The van der Waals surface area contributed by atoms with E-state index in [0.717, 1.165) is 29.2 Å². The van der Waals surface area contributed by atoms with Crippen LogP contribution in [-0.2, 0) is 9.47 Å². The summed E-state index contributed by atoms with van der Waals surface area (Å²) in [7, 11) is 0. The number of ether oxygens (including phenoxy) is 2. The first-order valence-corrected chi connectivity index (χ1v) is 11.0. The Morgan fingerprint density at radius 1 is 1.30 bits per heavy atom. The van der Waals surface area contributed by atoms with Gasteiger partial charge in [-0.05, 0) is 37.0 Å². The molecule has 0 aromatic carbocycles. The fraction of sp³-hybridized carbons (Fsp3) is 0.583. The number of carboxylic acid groups (broad SMARTS) is 1. The molecule has 0 radical (unpaired) electrons. The molecule has 162 valence electrons. The molecule has 4 rings (SSSR count). The normalized spacial score (nSPS) is 23.5. The third-order valence-corrected chi connectivity index (χ3v) is 6.29. The van der Waals surface area contributed by atoms with Gasteiger partial charge in [0.1, 0.15) is 23.7 Å². The standard InChI is InChI=1S/C24H31NO5/c1-13(2)11-29-22-9-23-17(7-16(22)15-5-6-15)19-8-21(26)18(24(27)28)10-25(19)20(12-30-23)14(3)4/h8-10,13-16,20H,5-7,11-12H2,1-4H3,(H,27,28)/t16-,20?/m1/s1. The van der Waals surface area contributed by atoms with Crippen LogP contribution < -0.4 is 5.43 Å². The van der Waals surface area contributed by atoms with E-state index in [2.05, 4.69) is 27.7 Å². The van der Waals surface area contributed by atoms with Crippen molar-refractivity contribution in [1.29, 1.82) is 0 Å². The van der Waals surface area contributed by atoms with Crippen LogP contribution in [0.25, 0.3) is 5.57 Å². The molecule has 1 N–H and O–H groups in total. The van der Waals surface area contributed by atoms with Gasteiger partial charge in [-0.15, -0.1) is 0 Å². The van der Waals surface area contributed by atoms with Gasteiger partial charge in [0.15, 0.2) is 5.43 Å². The molecule has 0 saturated heterocycles. The van der Waals surface area contributed by atoms with E-state index in [-0.39, 0.29) is 23.4 Å². The highest BCUT2D eigenvalue weighted by Gasteiger charge is 2.40. The molecule has 1 aliphatic heterocycles. The van der Waals surface area contributed by atoms with Gasteiger partial charge in [-0.25, -0.2) is 4.79 Å². The highest BCUT2D eigenvalue weighted by molar-refractivity contribution is 5.87. The summed E-state index contributed by atoms with van der Waals surface area (Å²) in [4.78, 5) is 24.2. The van der Waals surface area contributed by atoms with Crippen molar-refractivity contribution in [2.24, 2.45) is 23.7 Å². The van der Waals surface area contributed by atoms with E-state index in [1.54, 1.807) is 0 Å². The third-order valence-electron chi connectivity index (χ3n) is 6.29. The molecule has 2 aliphatic carbocycles. The molecule has 0 spiro atoms. The van der Waals surface area contributed by atoms with E-state index in [1.807, 2.05) is 10.6 Å². The second kappa shape index (κ2) is 7.97. The first kappa shape index (κ1) is 20.8. The molecule has 2 atom stereocenters. The van der Waals surface area contributed by atoms with Crippen molar-refractivity contribution in [1.82, 2.24) is 4.57 Å². The summed E-state index contributed by atoms with van der Waals surface area (Å²) in [6, 6.07) is 1.43. The summed E-state index contributed by atoms with van der Waals surface area (Å²) < 4.78 is 14.4. The van der Waals surface area contributed by atoms with Crippen LogP contribution in [0.5, 0.6) is 0 Å². The number of hydrogen-bond acceptors (Lipinski definition) is 4. The van der Waals surface area contributed by atoms with E-state index in [0.29, 0.717) is 25.0 Å². The summed E-state index contributed by atoms with van der Waals surface area (Å²) >= 11 is 0. The van der Waals surface area contributed by atoms with E-state index in [1.165, 1.54) is 25.1 Å². The zero-order valence-electron chi connectivity index (χ0n) is 18.2. The maximum absolute atomic E-state index is 12.6. The number of aromatic nitrogens is 1. The van der Waals surface area contributed by atoms with Crippen molar-refractivity contribution in [3.8, 4) is 0 Å². The molecule has 1 aromatic rings.